The van der Waals surface area contributed by atoms with Crippen LogP contribution in [0.15, 0.2) is 29.2 Å². The molecule has 0 unspecified atom stereocenters. The summed E-state index contributed by atoms with van der Waals surface area (Å²) in [6.07, 6.45) is 1.92. The first-order valence-corrected chi connectivity index (χ1v) is 10.8. The summed E-state index contributed by atoms with van der Waals surface area (Å²) in [6.45, 7) is 3.40. The number of benzene rings is 1. The van der Waals surface area contributed by atoms with Gasteiger partial charge in [0.2, 0.25) is 15.9 Å². The number of carbonyl (C=O) groups is 1. The van der Waals surface area contributed by atoms with E-state index in [9.17, 15) is 18.5 Å². The summed E-state index contributed by atoms with van der Waals surface area (Å²) in [5.41, 5.74) is -0.813. The van der Waals surface area contributed by atoms with Crippen molar-refractivity contribution in [2.75, 3.05) is 32.7 Å². The van der Waals surface area contributed by atoms with Crippen molar-refractivity contribution in [1.29, 1.82) is 5.26 Å². The molecule has 1 aromatic carbocycles. The quantitative estimate of drug-likeness (QED) is 0.766. The van der Waals surface area contributed by atoms with Crippen molar-refractivity contribution in [1.82, 2.24) is 14.5 Å². The molecule has 1 aliphatic carbocycles. The van der Waals surface area contributed by atoms with Gasteiger partial charge in [-0.25, -0.2) is 8.42 Å². The fourth-order valence-electron chi connectivity index (χ4n) is 3.34. The topological polar surface area (TPSA) is 93.5 Å². The van der Waals surface area contributed by atoms with E-state index in [2.05, 4.69) is 11.4 Å². The molecule has 1 amide bonds. The average molecular weight is 411 g/mol. The van der Waals surface area contributed by atoms with Gasteiger partial charge in [-0.05, 0) is 37.8 Å². The number of halogens is 1. The number of nitrogens with zero attached hydrogens (tertiary/aromatic N) is 3. The van der Waals surface area contributed by atoms with E-state index in [0.717, 1.165) is 12.8 Å². The number of hydrogen-bond donors (Lipinski definition) is 1. The summed E-state index contributed by atoms with van der Waals surface area (Å²) in [5.74, 6) is 0.0254. The molecule has 1 aromatic rings. The van der Waals surface area contributed by atoms with Gasteiger partial charge in [-0.3, -0.25) is 9.69 Å². The standard InChI is InChI=1S/C18H23ClN4O3S/c1-18(13-20,14-6-7-14)21-17(24)12-22-8-10-23(11-9-22)27(25,26)16-5-3-2-4-15(16)19/h2-5,14H,6-12H2,1H3,(H,21,24)/t18-/m0/s1. The van der Waals surface area contributed by atoms with E-state index in [1.54, 1.807) is 25.1 Å². The van der Waals surface area contributed by atoms with Crippen molar-refractivity contribution < 1.29 is 13.2 Å². The van der Waals surface area contributed by atoms with Gasteiger partial charge in [0, 0.05) is 26.2 Å². The van der Waals surface area contributed by atoms with Crippen LogP contribution >= 0.6 is 11.6 Å². The zero-order valence-corrected chi connectivity index (χ0v) is 16.8. The first kappa shape index (κ1) is 20.1. The largest absolute Gasteiger partial charge is 0.337 e. The number of hydrogen-bond acceptors (Lipinski definition) is 5. The number of sulfonamides is 1. The molecular formula is C18H23ClN4O3S. The predicted octanol–water partition coefficient (Wildman–Crippen LogP) is 1.45. The van der Waals surface area contributed by atoms with E-state index >= 15 is 0 Å². The molecule has 2 fully saturated rings. The molecule has 1 heterocycles. The molecule has 27 heavy (non-hydrogen) atoms. The second-order valence-corrected chi connectivity index (χ2v) is 9.56. The Kier molecular flexibility index (Phi) is 5.77. The summed E-state index contributed by atoms with van der Waals surface area (Å²) in [4.78, 5) is 14.3. The maximum atomic E-state index is 12.8. The van der Waals surface area contributed by atoms with E-state index in [0.29, 0.717) is 26.2 Å². The van der Waals surface area contributed by atoms with Gasteiger partial charge >= 0.3 is 0 Å². The Morgan fingerprint density at radius 1 is 1.30 bits per heavy atom. The fourth-order valence-corrected chi connectivity index (χ4v) is 5.25. The Labute approximate surface area is 164 Å². The molecule has 1 saturated carbocycles. The first-order valence-electron chi connectivity index (χ1n) is 8.95. The Balaban J connectivity index is 1.55. The van der Waals surface area contributed by atoms with Gasteiger partial charge in [0.05, 0.1) is 17.6 Å². The van der Waals surface area contributed by atoms with Crippen molar-refractivity contribution in [3.8, 4) is 6.07 Å². The highest BCUT2D eigenvalue weighted by molar-refractivity contribution is 7.89. The molecular weight excluding hydrogens is 388 g/mol. The van der Waals surface area contributed by atoms with E-state index < -0.39 is 15.6 Å². The monoisotopic (exact) mass is 410 g/mol. The summed E-state index contributed by atoms with van der Waals surface area (Å²) in [7, 11) is -3.65. The smallest absolute Gasteiger partial charge is 0.244 e. The molecule has 0 aromatic heterocycles. The van der Waals surface area contributed by atoms with E-state index in [1.807, 2.05) is 4.90 Å². The lowest BCUT2D eigenvalue weighted by Gasteiger charge is -2.34. The molecule has 1 aliphatic heterocycles. The fraction of sp³-hybridized carbons (Fsp3) is 0.556. The number of nitrogens with one attached hydrogen (secondary N) is 1. The predicted molar refractivity (Wildman–Crippen MR) is 102 cm³/mol. The van der Waals surface area contributed by atoms with Crippen molar-refractivity contribution in [3.63, 3.8) is 0 Å². The van der Waals surface area contributed by atoms with Gasteiger partial charge in [-0.2, -0.15) is 9.57 Å². The summed E-state index contributed by atoms with van der Waals surface area (Å²) >= 11 is 6.04. The van der Waals surface area contributed by atoms with Gasteiger partial charge in [-0.15, -0.1) is 0 Å². The third-order valence-corrected chi connectivity index (χ3v) is 7.58. The summed E-state index contributed by atoms with van der Waals surface area (Å²) in [5, 5.41) is 12.4. The third-order valence-electron chi connectivity index (χ3n) is 5.18. The number of rotatable bonds is 6. The van der Waals surface area contributed by atoms with Crippen LogP contribution in [0.25, 0.3) is 0 Å². The van der Waals surface area contributed by atoms with Crippen molar-refractivity contribution in [2.45, 2.75) is 30.2 Å². The van der Waals surface area contributed by atoms with Gasteiger partial charge in [-0.1, -0.05) is 23.7 Å². The van der Waals surface area contributed by atoms with Gasteiger partial charge in [0.1, 0.15) is 10.4 Å². The zero-order valence-electron chi connectivity index (χ0n) is 15.2. The molecule has 1 saturated heterocycles. The van der Waals surface area contributed by atoms with E-state index in [1.165, 1.54) is 10.4 Å². The molecule has 1 atom stereocenters. The number of nitriles is 1. The normalized spacial score (nSPS) is 21.2. The van der Waals surface area contributed by atoms with Gasteiger partial charge in [0.15, 0.2) is 0 Å². The molecule has 1 N–H and O–H groups in total. The van der Waals surface area contributed by atoms with Crippen molar-refractivity contribution in [3.05, 3.63) is 29.3 Å². The van der Waals surface area contributed by atoms with Crippen molar-refractivity contribution in [2.24, 2.45) is 5.92 Å². The molecule has 7 nitrogen and oxygen atoms in total. The third kappa shape index (κ3) is 4.43. The highest BCUT2D eigenvalue weighted by Crippen LogP contribution is 2.39. The van der Waals surface area contributed by atoms with Crippen LogP contribution in [0.1, 0.15) is 19.8 Å². The minimum absolute atomic E-state index is 0.104. The summed E-state index contributed by atoms with van der Waals surface area (Å²) < 4.78 is 26.9. The number of carbonyl (C=O) groups excluding carboxylic acids is 1. The van der Waals surface area contributed by atoms with Crippen LogP contribution in [0.4, 0.5) is 0 Å². The van der Waals surface area contributed by atoms with Crippen LogP contribution < -0.4 is 5.32 Å². The molecule has 0 bridgehead atoms. The second-order valence-electron chi connectivity index (χ2n) is 7.25. The average Bonchev–Trinajstić information content (AvgIpc) is 3.48. The van der Waals surface area contributed by atoms with Crippen LogP contribution in [0.3, 0.4) is 0 Å². The van der Waals surface area contributed by atoms with Crippen LogP contribution in [-0.4, -0.2) is 61.8 Å². The Morgan fingerprint density at radius 2 is 1.93 bits per heavy atom. The summed E-state index contributed by atoms with van der Waals surface area (Å²) in [6, 6.07) is 8.60. The van der Waals surface area contributed by atoms with Crippen LogP contribution in [0, 0.1) is 17.2 Å². The molecule has 2 aliphatic rings. The highest BCUT2D eigenvalue weighted by atomic mass is 35.5. The molecule has 3 rings (SSSR count). The SMILES string of the molecule is C[C@@](C#N)(NC(=O)CN1CCN(S(=O)(=O)c2ccccc2Cl)CC1)C1CC1. The van der Waals surface area contributed by atoms with Gasteiger partial charge in [0.25, 0.3) is 0 Å². The Morgan fingerprint density at radius 3 is 2.48 bits per heavy atom. The van der Waals surface area contributed by atoms with Crippen LogP contribution in [-0.2, 0) is 14.8 Å². The molecule has 9 heteroatoms. The zero-order chi connectivity index (χ0) is 19.7. The highest BCUT2D eigenvalue weighted by Gasteiger charge is 2.43. The number of piperazine rings is 1. The molecule has 146 valence electrons. The lowest BCUT2D eigenvalue weighted by atomic mass is 9.98. The number of amides is 1. The maximum absolute atomic E-state index is 12.8. The minimum atomic E-state index is -3.65. The minimum Gasteiger partial charge on any atom is -0.337 e. The maximum Gasteiger partial charge on any atom is 0.244 e. The van der Waals surface area contributed by atoms with Crippen LogP contribution in [0.5, 0.6) is 0 Å². The lowest BCUT2D eigenvalue weighted by Crippen LogP contribution is -2.54. The lowest BCUT2D eigenvalue weighted by molar-refractivity contribution is -0.123. The van der Waals surface area contributed by atoms with Crippen molar-refractivity contribution >= 4 is 27.5 Å². The molecule has 0 radical (unpaired) electrons. The van der Waals surface area contributed by atoms with Crippen LogP contribution in [0.2, 0.25) is 5.02 Å². The van der Waals surface area contributed by atoms with Gasteiger partial charge < -0.3 is 5.32 Å². The molecule has 0 spiro atoms. The Bertz CT molecular complexity index is 858. The van der Waals surface area contributed by atoms with E-state index in [-0.39, 0.29) is 28.3 Å². The first-order chi connectivity index (χ1) is 12.8. The van der Waals surface area contributed by atoms with E-state index in [4.69, 9.17) is 11.6 Å². The Hall–Kier alpha value is -1.66. The second kappa shape index (κ2) is 7.76.